The van der Waals surface area contributed by atoms with Crippen LogP contribution in [0.2, 0.25) is 0 Å². The highest BCUT2D eigenvalue weighted by molar-refractivity contribution is 7.16. The van der Waals surface area contributed by atoms with Crippen molar-refractivity contribution in [1.29, 1.82) is 0 Å². The number of aryl methyl sites for hydroxylation is 1. The first kappa shape index (κ1) is 16.9. The number of carbonyl (C=O) groups is 1. The summed E-state index contributed by atoms with van der Waals surface area (Å²) in [7, 11) is 0. The van der Waals surface area contributed by atoms with Gasteiger partial charge >= 0.3 is 6.03 Å². The van der Waals surface area contributed by atoms with Gasteiger partial charge in [-0.1, -0.05) is 13.8 Å². The Kier molecular flexibility index (Phi) is 5.13. The molecule has 1 saturated heterocycles. The molecular weight excluding hydrogens is 324 g/mol. The maximum Gasteiger partial charge on any atom is 0.322 e. The molecule has 1 aliphatic heterocycles. The van der Waals surface area contributed by atoms with Crippen molar-refractivity contribution in [3.05, 3.63) is 23.4 Å². The Bertz CT molecular complexity index is 681. The summed E-state index contributed by atoms with van der Waals surface area (Å²) in [5, 5.41) is 9.15. The lowest BCUT2D eigenvalue weighted by atomic mass is 10.1. The number of hydrogen-bond acceptors (Lipinski definition) is 5. The average molecular weight is 348 g/mol. The van der Waals surface area contributed by atoms with Crippen molar-refractivity contribution < 1.29 is 4.79 Å². The topological polar surface area (TPSA) is 75.9 Å². The van der Waals surface area contributed by atoms with Crippen molar-refractivity contribution in [3.63, 3.8) is 0 Å². The predicted octanol–water partition coefficient (Wildman–Crippen LogP) is 3.11. The Labute approximate surface area is 146 Å². The van der Waals surface area contributed by atoms with E-state index in [-0.39, 0.29) is 12.1 Å². The number of anilines is 1. The Morgan fingerprint density at radius 2 is 2.33 bits per heavy atom. The van der Waals surface area contributed by atoms with E-state index in [4.69, 9.17) is 0 Å². The molecule has 0 unspecified atom stereocenters. The van der Waals surface area contributed by atoms with E-state index in [0.29, 0.717) is 12.5 Å². The van der Waals surface area contributed by atoms with Crippen LogP contribution in [0.25, 0.3) is 0 Å². The van der Waals surface area contributed by atoms with E-state index in [1.165, 1.54) is 6.33 Å². The number of hydrogen-bond donors (Lipinski definition) is 1. The lowest BCUT2D eigenvalue weighted by Gasteiger charge is -2.32. The Morgan fingerprint density at radius 3 is 3.04 bits per heavy atom. The minimum absolute atomic E-state index is 0.0477. The lowest BCUT2D eigenvalue weighted by molar-refractivity contribution is 0.174. The predicted molar refractivity (Wildman–Crippen MR) is 94.3 cm³/mol. The molecule has 7 nitrogen and oxygen atoms in total. The molecule has 0 spiro atoms. The summed E-state index contributed by atoms with van der Waals surface area (Å²) in [6.07, 6.45) is 6.13. The van der Waals surface area contributed by atoms with E-state index in [1.54, 1.807) is 17.7 Å². The number of amides is 2. The first-order valence-electron chi connectivity index (χ1n) is 8.39. The smallest absolute Gasteiger partial charge is 0.322 e. The summed E-state index contributed by atoms with van der Waals surface area (Å²) in [6.45, 7) is 7.73. The third kappa shape index (κ3) is 3.92. The van der Waals surface area contributed by atoms with Gasteiger partial charge in [0.2, 0.25) is 0 Å². The van der Waals surface area contributed by atoms with Gasteiger partial charge in [0.15, 0.2) is 0 Å². The Balaban J connectivity index is 1.66. The first-order chi connectivity index (χ1) is 11.5. The summed E-state index contributed by atoms with van der Waals surface area (Å²) < 4.78 is 1.85. The van der Waals surface area contributed by atoms with Crippen LogP contribution in [0.5, 0.6) is 0 Å². The fourth-order valence-corrected chi connectivity index (χ4v) is 3.87. The molecule has 2 aromatic heterocycles. The first-order valence-corrected chi connectivity index (χ1v) is 9.21. The van der Waals surface area contributed by atoms with E-state index in [9.17, 15) is 4.79 Å². The van der Waals surface area contributed by atoms with Gasteiger partial charge in [-0.3, -0.25) is 5.32 Å². The second kappa shape index (κ2) is 7.29. The van der Waals surface area contributed by atoms with Crippen LogP contribution in [0.4, 0.5) is 9.80 Å². The molecular formula is C16H24N6OS. The monoisotopic (exact) mass is 348 g/mol. The molecule has 1 N–H and O–H groups in total. The van der Waals surface area contributed by atoms with Crippen LogP contribution in [0.1, 0.15) is 43.4 Å². The standard InChI is InChI=1S/C16H24N6OS/c1-11(2)7-14-15(24-12(3)19-14)20-16(23)21-6-4-5-13(8-21)22-10-17-9-18-22/h9-11,13H,4-8H2,1-3H3,(H,20,23)/t13-/m1/s1. The van der Waals surface area contributed by atoms with E-state index >= 15 is 0 Å². The van der Waals surface area contributed by atoms with Crippen LogP contribution in [-0.4, -0.2) is 43.8 Å². The molecule has 1 atom stereocenters. The molecule has 1 fully saturated rings. The third-order valence-electron chi connectivity index (χ3n) is 4.12. The minimum atomic E-state index is -0.0477. The molecule has 24 heavy (non-hydrogen) atoms. The molecule has 3 heterocycles. The summed E-state index contributed by atoms with van der Waals surface area (Å²) in [6, 6.07) is 0.152. The van der Waals surface area contributed by atoms with Crippen LogP contribution in [0, 0.1) is 12.8 Å². The van der Waals surface area contributed by atoms with Gasteiger partial charge in [0.25, 0.3) is 0 Å². The molecule has 8 heteroatoms. The second-order valence-corrected chi connectivity index (χ2v) is 7.86. The van der Waals surface area contributed by atoms with Gasteiger partial charge in [-0.25, -0.2) is 19.4 Å². The molecule has 0 radical (unpaired) electrons. The van der Waals surface area contributed by atoms with Crippen molar-refractivity contribution in [3.8, 4) is 0 Å². The van der Waals surface area contributed by atoms with Crippen molar-refractivity contribution in [2.24, 2.45) is 5.92 Å². The highest BCUT2D eigenvalue weighted by Crippen LogP contribution is 2.27. The van der Waals surface area contributed by atoms with Crippen LogP contribution in [-0.2, 0) is 6.42 Å². The number of likely N-dealkylation sites (tertiary alicyclic amines) is 1. The van der Waals surface area contributed by atoms with Gasteiger partial charge in [-0.05, 0) is 32.1 Å². The highest BCUT2D eigenvalue weighted by Gasteiger charge is 2.26. The molecule has 0 saturated carbocycles. The SMILES string of the molecule is Cc1nc(CC(C)C)c(NC(=O)N2CCC[C@@H](n3cncn3)C2)s1. The maximum atomic E-state index is 12.7. The summed E-state index contributed by atoms with van der Waals surface area (Å²) >= 11 is 1.55. The van der Waals surface area contributed by atoms with Gasteiger partial charge in [0.05, 0.1) is 16.7 Å². The molecule has 130 valence electrons. The highest BCUT2D eigenvalue weighted by atomic mass is 32.1. The van der Waals surface area contributed by atoms with Crippen LogP contribution in [0.3, 0.4) is 0 Å². The molecule has 0 aliphatic carbocycles. The number of rotatable bonds is 4. The van der Waals surface area contributed by atoms with Gasteiger partial charge in [0.1, 0.15) is 17.7 Å². The van der Waals surface area contributed by atoms with Crippen molar-refractivity contribution >= 4 is 22.4 Å². The number of carbonyl (C=O) groups excluding carboxylic acids is 1. The zero-order valence-corrected chi connectivity index (χ0v) is 15.2. The Morgan fingerprint density at radius 1 is 1.50 bits per heavy atom. The van der Waals surface area contributed by atoms with Gasteiger partial charge in [-0.2, -0.15) is 5.10 Å². The van der Waals surface area contributed by atoms with Gasteiger partial charge < -0.3 is 4.90 Å². The largest absolute Gasteiger partial charge is 0.322 e. The number of nitrogens with one attached hydrogen (secondary N) is 1. The van der Waals surface area contributed by atoms with Crippen molar-refractivity contribution in [1.82, 2.24) is 24.6 Å². The van der Waals surface area contributed by atoms with Gasteiger partial charge in [-0.15, -0.1) is 11.3 Å². The molecule has 0 bridgehead atoms. The third-order valence-corrected chi connectivity index (χ3v) is 5.05. The minimum Gasteiger partial charge on any atom is -0.322 e. The number of aromatic nitrogens is 4. The maximum absolute atomic E-state index is 12.7. The summed E-state index contributed by atoms with van der Waals surface area (Å²) in [4.78, 5) is 23.1. The van der Waals surface area contributed by atoms with E-state index in [1.807, 2.05) is 16.5 Å². The molecule has 0 aromatic carbocycles. The van der Waals surface area contributed by atoms with E-state index in [2.05, 4.69) is 34.2 Å². The summed E-state index contributed by atoms with van der Waals surface area (Å²) in [5.41, 5.74) is 0.991. The number of urea groups is 1. The summed E-state index contributed by atoms with van der Waals surface area (Å²) in [5.74, 6) is 0.508. The average Bonchev–Trinajstić information content (AvgIpc) is 3.17. The molecule has 2 aromatic rings. The quantitative estimate of drug-likeness (QED) is 0.921. The van der Waals surface area contributed by atoms with E-state index < -0.39 is 0 Å². The van der Waals surface area contributed by atoms with Crippen LogP contribution in [0.15, 0.2) is 12.7 Å². The van der Waals surface area contributed by atoms with Crippen molar-refractivity contribution in [2.45, 2.75) is 46.1 Å². The fraction of sp³-hybridized carbons (Fsp3) is 0.625. The zero-order valence-electron chi connectivity index (χ0n) is 14.4. The number of piperidine rings is 1. The molecule has 3 rings (SSSR count). The number of nitrogens with zero attached hydrogens (tertiary/aromatic N) is 5. The molecule has 1 aliphatic rings. The zero-order chi connectivity index (χ0) is 17.1. The van der Waals surface area contributed by atoms with E-state index in [0.717, 1.165) is 41.5 Å². The molecule has 2 amide bonds. The van der Waals surface area contributed by atoms with Gasteiger partial charge in [0, 0.05) is 13.1 Å². The second-order valence-electron chi connectivity index (χ2n) is 6.65. The fourth-order valence-electron chi connectivity index (χ4n) is 3.03. The normalized spacial score (nSPS) is 18.2. The lowest BCUT2D eigenvalue weighted by Crippen LogP contribution is -2.43. The number of thiazole rings is 1. The Hall–Kier alpha value is -1.96. The van der Waals surface area contributed by atoms with Crippen LogP contribution >= 0.6 is 11.3 Å². The van der Waals surface area contributed by atoms with Crippen LogP contribution < -0.4 is 5.32 Å². The van der Waals surface area contributed by atoms with Crippen molar-refractivity contribution in [2.75, 3.05) is 18.4 Å².